The molecule has 0 saturated carbocycles. The zero-order valence-corrected chi connectivity index (χ0v) is 14.7. The molecule has 2 N–H and O–H groups in total. The van der Waals surface area contributed by atoms with Gasteiger partial charge >= 0.3 is 0 Å². The summed E-state index contributed by atoms with van der Waals surface area (Å²) in [5.74, 6) is 0.445. The Morgan fingerprint density at radius 3 is 2.74 bits per heavy atom. The van der Waals surface area contributed by atoms with E-state index in [2.05, 4.69) is 15.0 Å². The fourth-order valence-corrected chi connectivity index (χ4v) is 2.49. The Bertz CT molecular complexity index is 620. The summed E-state index contributed by atoms with van der Waals surface area (Å²) >= 11 is 0. The SMILES string of the molecule is CCNC(=NCCCNS(C)(=O)=O)N(C)Cc1cccc(F)c1. The van der Waals surface area contributed by atoms with Crippen molar-refractivity contribution in [1.29, 1.82) is 0 Å². The van der Waals surface area contributed by atoms with Gasteiger partial charge in [0.25, 0.3) is 0 Å². The highest BCUT2D eigenvalue weighted by Gasteiger charge is 2.07. The van der Waals surface area contributed by atoms with Gasteiger partial charge in [0.2, 0.25) is 10.0 Å². The molecule has 0 aliphatic carbocycles. The number of benzene rings is 1. The Hall–Kier alpha value is -1.67. The first-order chi connectivity index (χ1) is 10.8. The molecule has 130 valence electrons. The van der Waals surface area contributed by atoms with E-state index in [0.717, 1.165) is 11.8 Å². The molecule has 8 heteroatoms. The second-order valence-electron chi connectivity index (χ2n) is 5.24. The Balaban J connectivity index is 2.56. The van der Waals surface area contributed by atoms with Crippen molar-refractivity contribution in [2.45, 2.75) is 19.9 Å². The molecule has 0 fully saturated rings. The van der Waals surface area contributed by atoms with Gasteiger partial charge in [0.05, 0.1) is 6.26 Å². The van der Waals surface area contributed by atoms with Crippen LogP contribution in [0.15, 0.2) is 29.3 Å². The molecular weight excluding hydrogens is 319 g/mol. The van der Waals surface area contributed by atoms with Crippen LogP contribution in [-0.2, 0) is 16.6 Å². The van der Waals surface area contributed by atoms with Crippen molar-refractivity contribution in [3.8, 4) is 0 Å². The first-order valence-electron chi connectivity index (χ1n) is 7.50. The zero-order valence-electron chi connectivity index (χ0n) is 13.8. The van der Waals surface area contributed by atoms with Crippen molar-refractivity contribution in [3.05, 3.63) is 35.6 Å². The number of halogens is 1. The topological polar surface area (TPSA) is 73.8 Å². The summed E-state index contributed by atoms with van der Waals surface area (Å²) in [4.78, 5) is 6.36. The molecule has 6 nitrogen and oxygen atoms in total. The maximum atomic E-state index is 13.2. The zero-order chi connectivity index (χ0) is 17.3. The van der Waals surface area contributed by atoms with Gasteiger partial charge in [-0.3, -0.25) is 4.99 Å². The molecule has 1 aromatic carbocycles. The van der Waals surface area contributed by atoms with Gasteiger partial charge in [-0.1, -0.05) is 12.1 Å². The predicted molar refractivity (Wildman–Crippen MR) is 91.3 cm³/mol. The van der Waals surface area contributed by atoms with Crippen LogP contribution in [0.1, 0.15) is 18.9 Å². The molecule has 0 saturated heterocycles. The Kier molecular flexibility index (Phi) is 7.97. The quantitative estimate of drug-likeness (QED) is 0.422. The van der Waals surface area contributed by atoms with Crippen LogP contribution in [0.25, 0.3) is 0 Å². The van der Waals surface area contributed by atoms with Gasteiger partial charge in [0, 0.05) is 33.2 Å². The minimum Gasteiger partial charge on any atom is -0.357 e. The number of guanidine groups is 1. The van der Waals surface area contributed by atoms with Gasteiger partial charge in [-0.25, -0.2) is 17.5 Å². The summed E-state index contributed by atoms with van der Waals surface area (Å²) in [5.41, 5.74) is 0.858. The molecular formula is C15H25FN4O2S. The average Bonchev–Trinajstić information content (AvgIpc) is 2.44. The monoisotopic (exact) mass is 344 g/mol. The molecule has 0 amide bonds. The summed E-state index contributed by atoms with van der Waals surface area (Å²) in [6, 6.07) is 6.45. The fraction of sp³-hybridized carbons (Fsp3) is 0.533. The van der Waals surface area contributed by atoms with Crippen LogP contribution >= 0.6 is 0 Å². The largest absolute Gasteiger partial charge is 0.357 e. The molecule has 0 aliphatic rings. The van der Waals surface area contributed by atoms with Gasteiger partial charge in [-0.2, -0.15) is 0 Å². The van der Waals surface area contributed by atoms with Crippen molar-refractivity contribution >= 4 is 16.0 Å². The van der Waals surface area contributed by atoms with Crippen LogP contribution in [-0.4, -0.2) is 52.2 Å². The van der Waals surface area contributed by atoms with E-state index < -0.39 is 10.0 Å². The Morgan fingerprint density at radius 1 is 1.39 bits per heavy atom. The van der Waals surface area contributed by atoms with Crippen LogP contribution < -0.4 is 10.0 Å². The minimum atomic E-state index is -3.16. The van der Waals surface area contributed by atoms with Crippen LogP contribution in [0, 0.1) is 5.82 Å². The maximum absolute atomic E-state index is 13.2. The van der Waals surface area contributed by atoms with Crippen molar-refractivity contribution in [2.24, 2.45) is 4.99 Å². The molecule has 1 aromatic rings. The summed E-state index contributed by atoms with van der Waals surface area (Å²) in [5, 5.41) is 3.17. The number of nitrogens with zero attached hydrogens (tertiary/aromatic N) is 2. The first-order valence-corrected chi connectivity index (χ1v) is 9.39. The fourth-order valence-electron chi connectivity index (χ4n) is 1.98. The summed E-state index contributed by atoms with van der Waals surface area (Å²) in [7, 11) is -1.28. The summed E-state index contributed by atoms with van der Waals surface area (Å²) in [6.07, 6.45) is 1.74. The van der Waals surface area contributed by atoms with E-state index in [0.29, 0.717) is 38.6 Å². The van der Waals surface area contributed by atoms with Crippen molar-refractivity contribution in [2.75, 3.05) is 32.9 Å². The third kappa shape index (κ3) is 8.51. The van der Waals surface area contributed by atoms with Crippen LogP contribution in [0.2, 0.25) is 0 Å². The lowest BCUT2D eigenvalue weighted by atomic mass is 10.2. The molecule has 0 aromatic heterocycles. The van der Waals surface area contributed by atoms with Gasteiger partial charge in [-0.15, -0.1) is 0 Å². The van der Waals surface area contributed by atoms with Gasteiger partial charge < -0.3 is 10.2 Å². The molecule has 0 radical (unpaired) electrons. The number of sulfonamides is 1. The highest BCUT2D eigenvalue weighted by molar-refractivity contribution is 7.88. The average molecular weight is 344 g/mol. The molecule has 0 bridgehead atoms. The molecule has 0 atom stereocenters. The number of aliphatic imine (C=N–C) groups is 1. The van der Waals surface area contributed by atoms with Crippen molar-refractivity contribution in [3.63, 3.8) is 0 Å². The van der Waals surface area contributed by atoms with Crippen molar-refractivity contribution in [1.82, 2.24) is 14.9 Å². The van der Waals surface area contributed by atoms with Crippen LogP contribution in [0.3, 0.4) is 0 Å². The van der Waals surface area contributed by atoms with E-state index in [-0.39, 0.29) is 5.82 Å². The number of hydrogen-bond acceptors (Lipinski definition) is 3. The Morgan fingerprint density at radius 2 is 2.13 bits per heavy atom. The third-order valence-corrected chi connectivity index (χ3v) is 3.69. The van der Waals surface area contributed by atoms with Gasteiger partial charge in [0.1, 0.15) is 5.82 Å². The summed E-state index contributed by atoms with van der Waals surface area (Å²) < 4.78 is 37.6. The molecule has 0 spiro atoms. The smallest absolute Gasteiger partial charge is 0.208 e. The van der Waals surface area contributed by atoms with E-state index in [1.54, 1.807) is 6.07 Å². The molecule has 1 rings (SSSR count). The lowest BCUT2D eigenvalue weighted by Gasteiger charge is -2.22. The molecule has 0 aliphatic heterocycles. The van der Waals surface area contributed by atoms with Crippen LogP contribution in [0.5, 0.6) is 0 Å². The van der Waals surface area contributed by atoms with E-state index in [1.807, 2.05) is 24.9 Å². The van der Waals surface area contributed by atoms with E-state index in [4.69, 9.17) is 0 Å². The normalized spacial score (nSPS) is 12.3. The second-order valence-corrected chi connectivity index (χ2v) is 7.07. The predicted octanol–water partition coefficient (Wildman–Crippen LogP) is 1.16. The lowest BCUT2D eigenvalue weighted by molar-refractivity contribution is 0.474. The molecule has 0 unspecified atom stereocenters. The maximum Gasteiger partial charge on any atom is 0.208 e. The first kappa shape index (κ1) is 19.4. The van der Waals surface area contributed by atoms with E-state index >= 15 is 0 Å². The highest BCUT2D eigenvalue weighted by atomic mass is 32.2. The van der Waals surface area contributed by atoms with Gasteiger partial charge in [0.15, 0.2) is 5.96 Å². The lowest BCUT2D eigenvalue weighted by Crippen LogP contribution is -2.38. The van der Waals surface area contributed by atoms with E-state index in [1.165, 1.54) is 12.1 Å². The molecule has 23 heavy (non-hydrogen) atoms. The highest BCUT2D eigenvalue weighted by Crippen LogP contribution is 2.06. The van der Waals surface area contributed by atoms with Crippen LogP contribution in [0.4, 0.5) is 4.39 Å². The van der Waals surface area contributed by atoms with Crippen molar-refractivity contribution < 1.29 is 12.8 Å². The van der Waals surface area contributed by atoms with Gasteiger partial charge in [-0.05, 0) is 31.0 Å². The molecule has 0 heterocycles. The second kappa shape index (κ2) is 9.46. The standard InChI is InChI=1S/C15H25FN4O2S/c1-4-17-15(18-9-6-10-19-23(3,21)22)20(2)12-13-7-5-8-14(16)11-13/h5,7-8,11,19H,4,6,9-10,12H2,1-3H3,(H,17,18). The summed E-state index contributed by atoms with van der Waals surface area (Å²) in [6.45, 7) is 4.07. The van der Waals surface area contributed by atoms with E-state index in [9.17, 15) is 12.8 Å². The number of nitrogens with one attached hydrogen (secondary N) is 2. The Labute approximate surface area is 137 Å². The number of hydrogen-bond donors (Lipinski definition) is 2. The minimum absolute atomic E-state index is 0.260. The number of rotatable bonds is 8. The third-order valence-electron chi connectivity index (χ3n) is 2.97.